The highest BCUT2D eigenvalue weighted by atomic mass is 35.5. The van der Waals surface area contributed by atoms with Gasteiger partial charge in [0, 0.05) is 19.6 Å². The van der Waals surface area contributed by atoms with Crippen LogP contribution < -0.4 is 11.1 Å². The van der Waals surface area contributed by atoms with E-state index < -0.39 is 5.91 Å². The summed E-state index contributed by atoms with van der Waals surface area (Å²) in [5.41, 5.74) is 6.97. The zero-order valence-corrected chi connectivity index (χ0v) is 14.0. The number of rotatable bonds is 7. The monoisotopic (exact) mass is 345 g/mol. The van der Waals surface area contributed by atoms with Gasteiger partial charge in [-0.05, 0) is 17.7 Å². The van der Waals surface area contributed by atoms with Crippen LogP contribution in [0.2, 0.25) is 5.02 Å². The van der Waals surface area contributed by atoms with Gasteiger partial charge in [-0.1, -0.05) is 54.1 Å². The van der Waals surface area contributed by atoms with Crippen molar-refractivity contribution in [2.75, 3.05) is 19.6 Å². The van der Waals surface area contributed by atoms with Crippen molar-refractivity contribution in [2.24, 2.45) is 5.73 Å². The lowest BCUT2D eigenvalue weighted by Crippen LogP contribution is -2.41. The van der Waals surface area contributed by atoms with Crippen LogP contribution in [0.1, 0.15) is 15.9 Å². The summed E-state index contributed by atoms with van der Waals surface area (Å²) in [5, 5.41) is 2.68. The fourth-order valence-electron chi connectivity index (χ4n) is 2.32. The molecule has 0 aliphatic carbocycles. The Balaban J connectivity index is 1.95. The van der Waals surface area contributed by atoms with Gasteiger partial charge in [0.1, 0.15) is 0 Å². The molecule has 0 saturated heterocycles. The summed E-state index contributed by atoms with van der Waals surface area (Å²) in [5.74, 6) is -0.887. The number of benzene rings is 2. The highest BCUT2D eigenvalue weighted by Crippen LogP contribution is 2.14. The topological polar surface area (TPSA) is 75.4 Å². The number of halogens is 1. The lowest BCUT2D eigenvalue weighted by molar-refractivity contribution is -0.121. The van der Waals surface area contributed by atoms with Crippen molar-refractivity contribution in [3.8, 4) is 0 Å². The molecule has 0 fully saturated rings. The van der Waals surface area contributed by atoms with Crippen molar-refractivity contribution in [3.05, 3.63) is 70.7 Å². The van der Waals surface area contributed by atoms with Gasteiger partial charge in [0.25, 0.3) is 5.91 Å². The fraction of sp³-hybridized carbons (Fsp3) is 0.222. The van der Waals surface area contributed by atoms with E-state index in [4.69, 9.17) is 17.3 Å². The van der Waals surface area contributed by atoms with E-state index in [1.54, 1.807) is 24.3 Å². The predicted octanol–water partition coefficient (Wildman–Crippen LogP) is 2.06. The van der Waals surface area contributed by atoms with Crippen LogP contribution in [0.3, 0.4) is 0 Å². The van der Waals surface area contributed by atoms with Crippen LogP contribution in [0.25, 0.3) is 0 Å². The molecule has 6 heteroatoms. The number of amides is 2. The van der Waals surface area contributed by atoms with E-state index >= 15 is 0 Å². The Hall–Kier alpha value is -2.21. The Bertz CT molecular complexity index is 692. The van der Waals surface area contributed by atoms with E-state index in [9.17, 15) is 9.59 Å². The van der Waals surface area contributed by atoms with Crippen LogP contribution in [-0.2, 0) is 11.3 Å². The summed E-state index contributed by atoms with van der Waals surface area (Å²) in [4.78, 5) is 26.2. The first kappa shape index (κ1) is 18.1. The lowest BCUT2D eigenvalue weighted by Gasteiger charge is -2.21. The molecule has 0 bridgehead atoms. The summed E-state index contributed by atoms with van der Waals surface area (Å²) in [7, 11) is 0. The maximum Gasteiger partial charge on any atom is 0.259 e. The van der Waals surface area contributed by atoms with Crippen LogP contribution in [0.5, 0.6) is 0 Å². The van der Waals surface area contributed by atoms with E-state index in [0.29, 0.717) is 24.7 Å². The number of imide groups is 1. The lowest BCUT2D eigenvalue weighted by atomic mass is 10.2. The predicted molar refractivity (Wildman–Crippen MR) is 94.7 cm³/mol. The summed E-state index contributed by atoms with van der Waals surface area (Å²) in [6.45, 7) is 1.66. The number of nitrogens with two attached hydrogens (primary N) is 1. The van der Waals surface area contributed by atoms with E-state index in [1.807, 2.05) is 35.2 Å². The molecule has 0 atom stereocenters. The van der Waals surface area contributed by atoms with Gasteiger partial charge < -0.3 is 5.73 Å². The molecule has 0 aromatic heterocycles. The van der Waals surface area contributed by atoms with Gasteiger partial charge in [0.2, 0.25) is 5.91 Å². The highest BCUT2D eigenvalue weighted by molar-refractivity contribution is 6.34. The average Bonchev–Trinajstić information content (AvgIpc) is 2.56. The summed E-state index contributed by atoms with van der Waals surface area (Å²) in [6.07, 6.45) is 0. The van der Waals surface area contributed by atoms with Crippen molar-refractivity contribution in [3.63, 3.8) is 0 Å². The number of hydrogen-bond acceptors (Lipinski definition) is 4. The van der Waals surface area contributed by atoms with Crippen molar-refractivity contribution >= 4 is 23.4 Å². The number of hydrogen-bond donors (Lipinski definition) is 2. The molecule has 5 nitrogen and oxygen atoms in total. The van der Waals surface area contributed by atoms with Crippen LogP contribution in [0.4, 0.5) is 0 Å². The first-order valence-corrected chi connectivity index (χ1v) is 8.03. The Labute approximate surface area is 146 Å². The standard InChI is InChI=1S/C18H20ClN3O2/c19-16-9-5-4-8-15(16)18(24)21-17(23)13-22(11-10-20)12-14-6-2-1-3-7-14/h1-9H,10-13,20H2,(H,21,23,24). The molecule has 24 heavy (non-hydrogen) atoms. The minimum absolute atomic E-state index is 0.0856. The summed E-state index contributed by atoms with van der Waals surface area (Å²) in [6, 6.07) is 16.4. The van der Waals surface area contributed by atoms with Crippen LogP contribution in [0.15, 0.2) is 54.6 Å². The van der Waals surface area contributed by atoms with Crippen molar-refractivity contribution in [1.82, 2.24) is 10.2 Å². The Kier molecular flexibility index (Phi) is 6.93. The SMILES string of the molecule is NCCN(CC(=O)NC(=O)c1ccccc1Cl)Cc1ccccc1. The molecule has 126 valence electrons. The minimum Gasteiger partial charge on any atom is -0.329 e. The second kappa shape index (κ2) is 9.17. The molecule has 0 aliphatic heterocycles. The Morgan fingerprint density at radius 1 is 1.04 bits per heavy atom. The highest BCUT2D eigenvalue weighted by Gasteiger charge is 2.16. The normalized spacial score (nSPS) is 10.6. The number of carbonyl (C=O) groups excluding carboxylic acids is 2. The summed E-state index contributed by atoms with van der Waals surface area (Å²) >= 11 is 5.97. The molecular formula is C18H20ClN3O2. The van der Waals surface area contributed by atoms with Crippen molar-refractivity contribution in [1.29, 1.82) is 0 Å². The molecule has 0 radical (unpaired) electrons. The third kappa shape index (κ3) is 5.45. The maximum absolute atomic E-state index is 12.2. The molecule has 0 spiro atoms. The van der Waals surface area contributed by atoms with Gasteiger partial charge in [-0.15, -0.1) is 0 Å². The second-order valence-electron chi connectivity index (χ2n) is 5.34. The van der Waals surface area contributed by atoms with E-state index in [-0.39, 0.29) is 18.0 Å². The zero-order chi connectivity index (χ0) is 17.4. The minimum atomic E-state index is -0.502. The molecule has 0 unspecified atom stereocenters. The van der Waals surface area contributed by atoms with E-state index in [0.717, 1.165) is 5.56 Å². The molecule has 0 heterocycles. The van der Waals surface area contributed by atoms with Crippen molar-refractivity contribution < 1.29 is 9.59 Å². The van der Waals surface area contributed by atoms with Gasteiger partial charge in [-0.25, -0.2) is 0 Å². The van der Waals surface area contributed by atoms with Gasteiger partial charge >= 0.3 is 0 Å². The van der Waals surface area contributed by atoms with Crippen LogP contribution in [0, 0.1) is 0 Å². The van der Waals surface area contributed by atoms with Gasteiger partial charge in [0.15, 0.2) is 0 Å². The largest absolute Gasteiger partial charge is 0.329 e. The number of nitrogens with zero attached hydrogens (tertiary/aromatic N) is 1. The smallest absolute Gasteiger partial charge is 0.259 e. The average molecular weight is 346 g/mol. The first-order chi connectivity index (χ1) is 11.6. The fourth-order valence-corrected chi connectivity index (χ4v) is 2.54. The van der Waals surface area contributed by atoms with E-state index in [1.165, 1.54) is 0 Å². The number of nitrogens with one attached hydrogen (secondary N) is 1. The Morgan fingerprint density at radius 3 is 2.38 bits per heavy atom. The molecule has 3 N–H and O–H groups in total. The third-order valence-electron chi connectivity index (χ3n) is 3.43. The van der Waals surface area contributed by atoms with Crippen LogP contribution in [-0.4, -0.2) is 36.3 Å². The van der Waals surface area contributed by atoms with E-state index in [2.05, 4.69) is 5.32 Å². The molecule has 0 saturated carbocycles. The zero-order valence-electron chi connectivity index (χ0n) is 13.2. The Morgan fingerprint density at radius 2 is 1.71 bits per heavy atom. The van der Waals surface area contributed by atoms with Gasteiger partial charge in [-0.3, -0.25) is 19.8 Å². The third-order valence-corrected chi connectivity index (χ3v) is 3.76. The van der Waals surface area contributed by atoms with Gasteiger partial charge in [0.05, 0.1) is 17.1 Å². The summed E-state index contributed by atoms with van der Waals surface area (Å²) < 4.78 is 0. The second-order valence-corrected chi connectivity index (χ2v) is 5.75. The maximum atomic E-state index is 12.2. The quantitative estimate of drug-likeness (QED) is 0.805. The van der Waals surface area contributed by atoms with Crippen molar-refractivity contribution in [2.45, 2.75) is 6.54 Å². The number of carbonyl (C=O) groups is 2. The molecule has 2 aromatic rings. The van der Waals surface area contributed by atoms with Crippen LogP contribution >= 0.6 is 11.6 Å². The first-order valence-electron chi connectivity index (χ1n) is 7.65. The molecule has 2 amide bonds. The molecule has 0 aliphatic rings. The molecular weight excluding hydrogens is 326 g/mol. The molecule has 2 aromatic carbocycles. The molecule has 2 rings (SSSR count). The van der Waals surface area contributed by atoms with Gasteiger partial charge in [-0.2, -0.15) is 0 Å².